The van der Waals surface area contributed by atoms with E-state index in [4.69, 9.17) is 0 Å². The average molecular weight is 384 g/mol. The molecule has 1 aliphatic carbocycles. The molecule has 1 aromatic rings. The third kappa shape index (κ3) is 4.09. The van der Waals surface area contributed by atoms with Crippen LogP contribution in [0.15, 0.2) is 24.3 Å². The van der Waals surface area contributed by atoms with Crippen LogP contribution in [0, 0.1) is 5.41 Å². The number of unbranched alkanes of at least 4 members (excludes halogenated alkanes) is 1. The summed E-state index contributed by atoms with van der Waals surface area (Å²) in [5.74, 6) is 1.15. The lowest BCUT2D eigenvalue weighted by Gasteiger charge is -2.37. The number of carbonyl (C=O) groups excluding carboxylic acids is 2. The van der Waals surface area contributed by atoms with Crippen LogP contribution in [0.25, 0.3) is 0 Å². The van der Waals surface area contributed by atoms with E-state index in [1.54, 1.807) is 0 Å². The first-order valence-electron chi connectivity index (χ1n) is 11.0. The Labute approximate surface area is 168 Å². The van der Waals surface area contributed by atoms with E-state index in [2.05, 4.69) is 41.4 Å². The van der Waals surface area contributed by atoms with E-state index in [9.17, 15) is 9.59 Å². The van der Waals surface area contributed by atoms with Gasteiger partial charge in [0, 0.05) is 18.8 Å². The monoisotopic (exact) mass is 383 g/mol. The number of piperidine rings is 1. The van der Waals surface area contributed by atoms with E-state index < -0.39 is 0 Å². The smallest absolute Gasteiger partial charge is 0.234 e. The largest absolute Gasteiger partial charge is 0.355 e. The summed E-state index contributed by atoms with van der Waals surface area (Å²) >= 11 is 0. The molecule has 3 aliphatic rings. The van der Waals surface area contributed by atoms with Crippen molar-refractivity contribution in [1.82, 2.24) is 10.2 Å². The zero-order chi connectivity index (χ0) is 19.6. The molecule has 5 heteroatoms. The van der Waals surface area contributed by atoms with Gasteiger partial charge in [-0.2, -0.15) is 0 Å². The van der Waals surface area contributed by atoms with E-state index in [1.807, 2.05) is 4.90 Å². The van der Waals surface area contributed by atoms with Gasteiger partial charge in [0.2, 0.25) is 11.8 Å². The molecule has 28 heavy (non-hydrogen) atoms. The van der Waals surface area contributed by atoms with Gasteiger partial charge in [0.1, 0.15) is 0 Å². The summed E-state index contributed by atoms with van der Waals surface area (Å²) in [6, 6.07) is 8.65. The Hall–Kier alpha value is -1.88. The second kappa shape index (κ2) is 8.24. The molecule has 3 fully saturated rings. The van der Waals surface area contributed by atoms with E-state index in [-0.39, 0.29) is 11.3 Å². The number of amides is 2. The van der Waals surface area contributed by atoms with Crippen LogP contribution in [-0.4, -0.2) is 49.4 Å². The normalized spacial score (nSPS) is 22.0. The predicted octanol–water partition coefficient (Wildman–Crippen LogP) is 3.30. The molecule has 152 valence electrons. The summed E-state index contributed by atoms with van der Waals surface area (Å²) in [4.78, 5) is 29.5. The van der Waals surface area contributed by atoms with Gasteiger partial charge >= 0.3 is 0 Å². The lowest BCUT2D eigenvalue weighted by atomic mass is 9.77. The molecule has 4 rings (SSSR count). The predicted molar refractivity (Wildman–Crippen MR) is 111 cm³/mol. The number of carbonyl (C=O) groups is 2. The molecule has 0 unspecified atom stereocenters. The topological polar surface area (TPSA) is 52.7 Å². The molecule has 1 aromatic carbocycles. The number of hydrogen-bond acceptors (Lipinski definition) is 3. The fourth-order valence-electron chi connectivity index (χ4n) is 4.68. The molecule has 0 aromatic heterocycles. The number of anilines is 1. The second-order valence-electron chi connectivity index (χ2n) is 8.83. The summed E-state index contributed by atoms with van der Waals surface area (Å²) in [7, 11) is 0. The van der Waals surface area contributed by atoms with Crippen LogP contribution in [0.4, 0.5) is 5.69 Å². The molecule has 2 aliphatic heterocycles. The van der Waals surface area contributed by atoms with Crippen LogP contribution in [0.5, 0.6) is 0 Å². The average Bonchev–Trinajstić information content (AvgIpc) is 3.51. The van der Waals surface area contributed by atoms with Gasteiger partial charge in [-0.25, -0.2) is 0 Å². The Morgan fingerprint density at radius 2 is 1.79 bits per heavy atom. The van der Waals surface area contributed by atoms with Crippen molar-refractivity contribution in [3.63, 3.8) is 0 Å². The number of likely N-dealkylation sites (tertiary alicyclic amines) is 1. The SMILES string of the molecule is CCCCNC(=O)CN1CCC2(CC1)CCN(c1ccc(C3CC3)cc1)C2=O. The Morgan fingerprint density at radius 1 is 1.11 bits per heavy atom. The Balaban J connectivity index is 1.30. The van der Waals surface area contributed by atoms with E-state index in [1.165, 1.54) is 18.4 Å². The highest BCUT2D eigenvalue weighted by Gasteiger charge is 2.48. The summed E-state index contributed by atoms with van der Waals surface area (Å²) in [5, 5.41) is 2.99. The van der Waals surface area contributed by atoms with Crippen molar-refractivity contribution >= 4 is 17.5 Å². The van der Waals surface area contributed by atoms with Gasteiger partial charge in [0.15, 0.2) is 0 Å². The number of nitrogens with zero attached hydrogens (tertiary/aromatic N) is 2. The molecule has 5 nitrogen and oxygen atoms in total. The maximum atomic E-state index is 13.2. The summed E-state index contributed by atoms with van der Waals surface area (Å²) in [6.45, 7) is 5.84. The van der Waals surface area contributed by atoms with Crippen LogP contribution in [0.3, 0.4) is 0 Å². The highest BCUT2D eigenvalue weighted by molar-refractivity contribution is 6.00. The van der Waals surface area contributed by atoms with Crippen LogP contribution >= 0.6 is 0 Å². The standard InChI is InChI=1S/C23H33N3O2/c1-2-3-13-24-21(27)17-25-14-10-23(11-15-25)12-16-26(22(23)28)20-8-6-19(7-9-20)18-4-5-18/h6-9,18H,2-5,10-17H2,1H3,(H,24,27). The van der Waals surface area contributed by atoms with Gasteiger partial charge in [-0.05, 0) is 75.2 Å². The van der Waals surface area contributed by atoms with Gasteiger partial charge < -0.3 is 10.2 Å². The van der Waals surface area contributed by atoms with Crippen LogP contribution < -0.4 is 10.2 Å². The van der Waals surface area contributed by atoms with Gasteiger partial charge in [-0.15, -0.1) is 0 Å². The Bertz CT molecular complexity index is 703. The van der Waals surface area contributed by atoms with Crippen molar-refractivity contribution in [2.24, 2.45) is 5.41 Å². The minimum Gasteiger partial charge on any atom is -0.355 e. The number of hydrogen-bond donors (Lipinski definition) is 1. The van der Waals surface area contributed by atoms with Crippen LogP contribution in [-0.2, 0) is 9.59 Å². The second-order valence-corrected chi connectivity index (χ2v) is 8.83. The summed E-state index contributed by atoms with van der Waals surface area (Å²) in [5.41, 5.74) is 2.24. The molecule has 1 spiro atoms. The van der Waals surface area contributed by atoms with Gasteiger partial charge in [0.05, 0.1) is 12.0 Å². The molecule has 0 atom stereocenters. The quantitative estimate of drug-likeness (QED) is 0.735. The van der Waals surface area contributed by atoms with Gasteiger partial charge in [0.25, 0.3) is 0 Å². The van der Waals surface area contributed by atoms with Crippen molar-refractivity contribution in [1.29, 1.82) is 0 Å². The Morgan fingerprint density at radius 3 is 2.43 bits per heavy atom. The van der Waals surface area contributed by atoms with Crippen molar-refractivity contribution in [2.45, 2.75) is 57.8 Å². The van der Waals surface area contributed by atoms with Crippen LogP contribution in [0.1, 0.15) is 63.4 Å². The van der Waals surface area contributed by atoms with Crippen molar-refractivity contribution < 1.29 is 9.59 Å². The van der Waals surface area contributed by atoms with E-state index >= 15 is 0 Å². The first kappa shape index (κ1) is 19.4. The summed E-state index contributed by atoms with van der Waals surface area (Å²) in [6.07, 6.45) is 7.40. The lowest BCUT2D eigenvalue weighted by molar-refractivity contribution is -0.128. The third-order valence-corrected chi connectivity index (χ3v) is 6.80. The molecule has 2 amide bonds. The third-order valence-electron chi connectivity index (χ3n) is 6.80. The minimum atomic E-state index is -0.218. The van der Waals surface area contributed by atoms with E-state index in [0.717, 1.165) is 69.9 Å². The summed E-state index contributed by atoms with van der Waals surface area (Å²) < 4.78 is 0. The van der Waals surface area contributed by atoms with Crippen molar-refractivity contribution in [3.05, 3.63) is 29.8 Å². The molecule has 1 N–H and O–H groups in total. The van der Waals surface area contributed by atoms with Crippen LogP contribution in [0.2, 0.25) is 0 Å². The zero-order valence-corrected chi connectivity index (χ0v) is 17.1. The fourth-order valence-corrected chi connectivity index (χ4v) is 4.68. The maximum absolute atomic E-state index is 13.2. The number of rotatable bonds is 7. The van der Waals surface area contributed by atoms with Crippen molar-refractivity contribution in [3.8, 4) is 0 Å². The first-order valence-corrected chi connectivity index (χ1v) is 11.0. The molecule has 2 heterocycles. The minimum absolute atomic E-state index is 0.111. The van der Waals surface area contributed by atoms with E-state index in [0.29, 0.717) is 12.5 Å². The maximum Gasteiger partial charge on any atom is 0.234 e. The number of benzene rings is 1. The van der Waals surface area contributed by atoms with Gasteiger partial charge in [-0.3, -0.25) is 14.5 Å². The number of nitrogens with one attached hydrogen (secondary N) is 1. The van der Waals surface area contributed by atoms with Gasteiger partial charge in [-0.1, -0.05) is 25.5 Å². The molecule has 2 saturated heterocycles. The Kier molecular flexibility index (Phi) is 5.72. The fraction of sp³-hybridized carbons (Fsp3) is 0.652. The molecule has 0 bridgehead atoms. The highest BCUT2D eigenvalue weighted by atomic mass is 16.2. The first-order chi connectivity index (χ1) is 13.6. The lowest BCUT2D eigenvalue weighted by Crippen LogP contribution is -2.47. The van der Waals surface area contributed by atoms with Crippen molar-refractivity contribution in [2.75, 3.05) is 37.6 Å². The molecule has 1 saturated carbocycles. The molecule has 0 radical (unpaired) electrons. The molecular formula is C23H33N3O2. The highest BCUT2D eigenvalue weighted by Crippen LogP contribution is 2.44. The molecular weight excluding hydrogens is 350 g/mol. The zero-order valence-electron chi connectivity index (χ0n) is 17.1.